The van der Waals surface area contributed by atoms with Gasteiger partial charge in [-0.3, -0.25) is 20.3 Å². The Morgan fingerprint density at radius 3 is 2.75 bits per heavy atom. The number of aryl methyl sites for hydroxylation is 1. The van der Waals surface area contributed by atoms with Gasteiger partial charge in [0.25, 0.3) is 0 Å². The Morgan fingerprint density at radius 1 is 1.19 bits per heavy atom. The second-order valence-corrected chi connectivity index (χ2v) is 3.43. The number of nitrogens with one attached hydrogen (secondary N) is 1. The molecule has 0 fully saturated rings. The minimum absolute atomic E-state index is 0.852. The van der Waals surface area contributed by atoms with Crippen LogP contribution in [-0.4, -0.2) is 17.1 Å². The van der Waals surface area contributed by atoms with Crippen molar-refractivity contribution in [1.29, 1.82) is 0 Å². The summed E-state index contributed by atoms with van der Waals surface area (Å²) in [6.45, 7) is 1.92. The zero-order valence-electron chi connectivity index (χ0n) is 9.27. The molecule has 0 bridgehead atoms. The van der Waals surface area contributed by atoms with E-state index in [9.17, 15) is 0 Å². The van der Waals surface area contributed by atoms with Crippen molar-refractivity contribution in [2.45, 2.75) is 6.92 Å². The average Bonchev–Trinajstić information content (AvgIpc) is 2.31. The van der Waals surface area contributed by atoms with Gasteiger partial charge in [0.15, 0.2) is 0 Å². The highest BCUT2D eigenvalue weighted by atomic mass is 16.6. The monoisotopic (exact) mass is 215 g/mol. The highest BCUT2D eigenvalue weighted by molar-refractivity contribution is 5.63. The standard InChI is InChI=1S/C12H13N3O/c1-9-7-14-12(8-13-9)10-4-3-5-11(6-10)15-16-2/h3-8,15H,1-2H3. The van der Waals surface area contributed by atoms with E-state index < -0.39 is 0 Å². The molecule has 0 unspecified atom stereocenters. The first-order valence-electron chi connectivity index (χ1n) is 4.97. The molecule has 0 aliphatic heterocycles. The molecule has 0 saturated carbocycles. The van der Waals surface area contributed by atoms with E-state index in [1.165, 1.54) is 0 Å². The molecule has 0 saturated heterocycles. The Morgan fingerprint density at radius 2 is 2.06 bits per heavy atom. The van der Waals surface area contributed by atoms with Gasteiger partial charge in [-0.15, -0.1) is 0 Å². The zero-order valence-corrected chi connectivity index (χ0v) is 9.27. The first-order valence-corrected chi connectivity index (χ1v) is 4.97. The molecule has 0 spiro atoms. The van der Waals surface area contributed by atoms with Crippen molar-refractivity contribution in [2.24, 2.45) is 0 Å². The van der Waals surface area contributed by atoms with Gasteiger partial charge in [0.1, 0.15) is 0 Å². The fourth-order valence-electron chi connectivity index (χ4n) is 1.40. The quantitative estimate of drug-likeness (QED) is 0.799. The van der Waals surface area contributed by atoms with E-state index in [0.717, 1.165) is 22.6 Å². The number of nitrogens with zero attached hydrogens (tertiary/aromatic N) is 2. The van der Waals surface area contributed by atoms with Crippen LogP contribution in [0.25, 0.3) is 11.3 Å². The first kappa shape index (κ1) is 10.6. The van der Waals surface area contributed by atoms with Gasteiger partial charge in [0.2, 0.25) is 0 Å². The van der Waals surface area contributed by atoms with Gasteiger partial charge in [0.05, 0.1) is 30.4 Å². The fraction of sp³-hybridized carbons (Fsp3) is 0.167. The summed E-state index contributed by atoms with van der Waals surface area (Å²) >= 11 is 0. The molecule has 4 nitrogen and oxygen atoms in total. The molecule has 1 N–H and O–H groups in total. The molecule has 1 heterocycles. The Labute approximate surface area is 94.3 Å². The Bertz CT molecular complexity index is 468. The van der Waals surface area contributed by atoms with E-state index in [-0.39, 0.29) is 0 Å². The second-order valence-electron chi connectivity index (χ2n) is 3.43. The molecule has 1 aromatic heterocycles. The lowest BCUT2D eigenvalue weighted by atomic mass is 10.1. The average molecular weight is 215 g/mol. The van der Waals surface area contributed by atoms with Crippen LogP contribution in [0, 0.1) is 6.92 Å². The largest absolute Gasteiger partial charge is 0.279 e. The van der Waals surface area contributed by atoms with Crippen LogP contribution in [-0.2, 0) is 4.84 Å². The van der Waals surface area contributed by atoms with Crippen LogP contribution < -0.4 is 5.48 Å². The molecule has 2 aromatic rings. The van der Waals surface area contributed by atoms with Crippen LogP contribution in [0.3, 0.4) is 0 Å². The van der Waals surface area contributed by atoms with Gasteiger partial charge in [0, 0.05) is 11.8 Å². The molecule has 0 radical (unpaired) electrons. The molecular formula is C12H13N3O. The van der Waals surface area contributed by atoms with Crippen molar-refractivity contribution in [3.8, 4) is 11.3 Å². The maximum absolute atomic E-state index is 4.85. The minimum atomic E-state index is 0.852. The second kappa shape index (κ2) is 4.72. The maximum Gasteiger partial charge on any atom is 0.0886 e. The molecular weight excluding hydrogens is 202 g/mol. The summed E-state index contributed by atoms with van der Waals surface area (Å²) < 4.78 is 0. The van der Waals surface area contributed by atoms with Gasteiger partial charge in [-0.1, -0.05) is 12.1 Å². The highest BCUT2D eigenvalue weighted by Crippen LogP contribution is 2.19. The lowest BCUT2D eigenvalue weighted by molar-refractivity contribution is 0.271. The molecule has 0 amide bonds. The molecule has 4 heteroatoms. The van der Waals surface area contributed by atoms with Crippen LogP contribution in [0.5, 0.6) is 0 Å². The van der Waals surface area contributed by atoms with E-state index >= 15 is 0 Å². The summed E-state index contributed by atoms with van der Waals surface area (Å²) in [5.74, 6) is 0. The van der Waals surface area contributed by atoms with E-state index in [1.54, 1.807) is 19.5 Å². The molecule has 0 atom stereocenters. The third-order valence-electron chi connectivity index (χ3n) is 2.16. The van der Waals surface area contributed by atoms with Crippen molar-refractivity contribution in [2.75, 3.05) is 12.6 Å². The van der Waals surface area contributed by atoms with Crippen molar-refractivity contribution in [3.05, 3.63) is 42.4 Å². The number of aromatic nitrogens is 2. The fourth-order valence-corrected chi connectivity index (χ4v) is 1.40. The lowest BCUT2D eigenvalue weighted by Gasteiger charge is -2.05. The van der Waals surface area contributed by atoms with Crippen molar-refractivity contribution in [1.82, 2.24) is 9.97 Å². The van der Waals surface area contributed by atoms with E-state index in [4.69, 9.17) is 4.84 Å². The Balaban J connectivity index is 2.32. The van der Waals surface area contributed by atoms with Crippen molar-refractivity contribution < 1.29 is 4.84 Å². The normalized spacial score (nSPS) is 10.1. The van der Waals surface area contributed by atoms with Gasteiger partial charge < -0.3 is 0 Å². The van der Waals surface area contributed by atoms with Gasteiger partial charge in [-0.25, -0.2) is 0 Å². The van der Waals surface area contributed by atoms with Crippen molar-refractivity contribution >= 4 is 5.69 Å². The Hall–Kier alpha value is -1.94. The third-order valence-corrected chi connectivity index (χ3v) is 2.16. The summed E-state index contributed by atoms with van der Waals surface area (Å²) in [4.78, 5) is 13.4. The van der Waals surface area contributed by atoms with Gasteiger partial charge in [-0.05, 0) is 19.1 Å². The molecule has 0 aliphatic carbocycles. The number of hydrogen-bond acceptors (Lipinski definition) is 4. The topological polar surface area (TPSA) is 47.0 Å². The summed E-state index contributed by atoms with van der Waals surface area (Å²) in [6.07, 6.45) is 3.52. The third kappa shape index (κ3) is 2.35. The summed E-state index contributed by atoms with van der Waals surface area (Å²) in [5, 5.41) is 0. The first-order chi connectivity index (χ1) is 7.79. The van der Waals surface area contributed by atoms with Crippen LogP contribution in [0.15, 0.2) is 36.7 Å². The summed E-state index contributed by atoms with van der Waals surface area (Å²) in [7, 11) is 1.58. The minimum Gasteiger partial charge on any atom is -0.279 e. The van der Waals surface area contributed by atoms with Gasteiger partial charge >= 0.3 is 0 Å². The van der Waals surface area contributed by atoms with Crippen LogP contribution in [0.4, 0.5) is 5.69 Å². The predicted octanol–water partition coefficient (Wildman–Crippen LogP) is 2.43. The molecule has 1 aromatic carbocycles. The maximum atomic E-state index is 4.85. The van der Waals surface area contributed by atoms with E-state index in [0.29, 0.717) is 0 Å². The zero-order chi connectivity index (χ0) is 11.4. The van der Waals surface area contributed by atoms with E-state index in [2.05, 4.69) is 15.4 Å². The molecule has 0 aliphatic rings. The SMILES string of the molecule is CONc1cccc(-c2cnc(C)cn2)c1. The number of anilines is 1. The molecule has 16 heavy (non-hydrogen) atoms. The predicted molar refractivity (Wildman–Crippen MR) is 62.8 cm³/mol. The molecule has 2 rings (SSSR count). The van der Waals surface area contributed by atoms with Crippen LogP contribution in [0.2, 0.25) is 0 Å². The Kier molecular flexibility index (Phi) is 3.12. The summed E-state index contributed by atoms with van der Waals surface area (Å²) in [6, 6.07) is 7.82. The lowest BCUT2D eigenvalue weighted by Crippen LogP contribution is -1.95. The highest BCUT2D eigenvalue weighted by Gasteiger charge is 2.00. The van der Waals surface area contributed by atoms with E-state index in [1.807, 2.05) is 31.2 Å². The van der Waals surface area contributed by atoms with Crippen LogP contribution in [0.1, 0.15) is 5.69 Å². The molecule has 82 valence electrons. The number of benzene rings is 1. The van der Waals surface area contributed by atoms with Crippen molar-refractivity contribution in [3.63, 3.8) is 0 Å². The number of rotatable bonds is 3. The van der Waals surface area contributed by atoms with Gasteiger partial charge in [-0.2, -0.15) is 0 Å². The summed E-state index contributed by atoms with van der Waals surface area (Å²) in [5.41, 5.74) is 6.44. The smallest absolute Gasteiger partial charge is 0.0886 e. The van der Waals surface area contributed by atoms with Crippen LogP contribution >= 0.6 is 0 Å². The number of hydrogen-bond donors (Lipinski definition) is 1.